The average molecular weight is 521 g/mol. The van der Waals surface area contributed by atoms with Crippen molar-refractivity contribution in [2.45, 2.75) is 18.4 Å². The Labute approximate surface area is 216 Å². The number of aryl methyl sites for hydroxylation is 1. The van der Waals surface area contributed by atoms with Crippen molar-refractivity contribution in [3.63, 3.8) is 0 Å². The fourth-order valence-electron chi connectivity index (χ4n) is 3.90. The summed E-state index contributed by atoms with van der Waals surface area (Å²) in [5.74, 6) is 1.33. The molecular formula is C27H28N4O5S. The van der Waals surface area contributed by atoms with Crippen LogP contribution in [-0.4, -0.2) is 45.1 Å². The summed E-state index contributed by atoms with van der Waals surface area (Å²) < 4.78 is 39.9. The van der Waals surface area contributed by atoms with Crippen molar-refractivity contribution in [2.24, 2.45) is 0 Å². The largest absolute Gasteiger partial charge is 0.493 e. The van der Waals surface area contributed by atoms with Gasteiger partial charge in [-0.3, -0.25) is 9.10 Å². The first-order valence-electron chi connectivity index (χ1n) is 11.4. The van der Waals surface area contributed by atoms with Crippen LogP contribution >= 0.6 is 0 Å². The van der Waals surface area contributed by atoms with Crippen molar-refractivity contribution in [1.29, 1.82) is 0 Å². The normalized spacial score (nSPS) is 11.1. The van der Waals surface area contributed by atoms with E-state index < -0.39 is 10.0 Å². The fraction of sp³-hybridized carbons (Fsp3) is 0.185. The minimum Gasteiger partial charge on any atom is -0.493 e. The van der Waals surface area contributed by atoms with Gasteiger partial charge in [-0.05, 0) is 55.0 Å². The number of imidazole rings is 1. The second-order valence-corrected chi connectivity index (χ2v) is 10.2. The lowest BCUT2D eigenvalue weighted by molar-refractivity contribution is 0.0951. The molecule has 0 spiro atoms. The van der Waals surface area contributed by atoms with Crippen LogP contribution in [0.3, 0.4) is 0 Å². The highest BCUT2D eigenvalue weighted by atomic mass is 32.2. The van der Waals surface area contributed by atoms with Crippen LogP contribution in [0.2, 0.25) is 0 Å². The molecule has 1 heterocycles. The number of amides is 1. The van der Waals surface area contributed by atoms with Crippen LogP contribution in [0.1, 0.15) is 21.7 Å². The van der Waals surface area contributed by atoms with Gasteiger partial charge >= 0.3 is 0 Å². The van der Waals surface area contributed by atoms with Gasteiger partial charge in [0, 0.05) is 37.6 Å². The lowest BCUT2D eigenvalue weighted by Crippen LogP contribution is -2.27. The quantitative estimate of drug-likeness (QED) is 0.359. The average Bonchev–Trinajstić information content (AvgIpc) is 3.36. The number of para-hydroxylation sites is 1. The number of methoxy groups -OCH3 is 2. The molecule has 1 N–H and O–H groups in total. The van der Waals surface area contributed by atoms with Crippen molar-refractivity contribution in [1.82, 2.24) is 14.9 Å². The Bertz CT molecular complexity index is 1510. The molecule has 10 heteroatoms. The molecule has 192 valence electrons. The first-order valence-corrected chi connectivity index (χ1v) is 12.9. The van der Waals surface area contributed by atoms with Crippen LogP contribution in [0, 0.1) is 6.92 Å². The highest BCUT2D eigenvalue weighted by molar-refractivity contribution is 7.92. The van der Waals surface area contributed by atoms with E-state index in [-0.39, 0.29) is 10.8 Å². The first-order chi connectivity index (χ1) is 17.8. The van der Waals surface area contributed by atoms with Crippen molar-refractivity contribution in [3.05, 3.63) is 96.1 Å². The Kier molecular flexibility index (Phi) is 7.49. The van der Waals surface area contributed by atoms with Crippen LogP contribution in [0.25, 0.3) is 5.69 Å². The summed E-state index contributed by atoms with van der Waals surface area (Å²) >= 11 is 0. The molecule has 0 saturated heterocycles. The Morgan fingerprint density at radius 2 is 1.70 bits per heavy atom. The van der Waals surface area contributed by atoms with Crippen LogP contribution < -0.4 is 19.1 Å². The third-order valence-electron chi connectivity index (χ3n) is 6.02. The summed E-state index contributed by atoms with van der Waals surface area (Å²) in [4.78, 5) is 17.2. The zero-order valence-electron chi connectivity index (χ0n) is 21.0. The number of hydrogen-bond donors (Lipinski definition) is 1. The molecule has 4 rings (SSSR count). The number of benzene rings is 3. The zero-order chi connectivity index (χ0) is 26.6. The van der Waals surface area contributed by atoms with Gasteiger partial charge in [-0.25, -0.2) is 13.4 Å². The molecule has 1 amide bonds. The topological polar surface area (TPSA) is 103 Å². The maximum Gasteiger partial charge on any atom is 0.264 e. The number of nitrogens with one attached hydrogen (secondary N) is 1. The van der Waals surface area contributed by atoms with Gasteiger partial charge in [0.1, 0.15) is 5.82 Å². The Morgan fingerprint density at radius 1 is 1.00 bits per heavy atom. The molecule has 0 atom stereocenters. The van der Waals surface area contributed by atoms with Gasteiger partial charge in [0.25, 0.3) is 15.9 Å². The number of ether oxygens (including phenoxy) is 2. The van der Waals surface area contributed by atoms with Crippen molar-refractivity contribution < 1.29 is 22.7 Å². The molecule has 0 aliphatic heterocycles. The van der Waals surface area contributed by atoms with E-state index in [0.717, 1.165) is 21.4 Å². The molecule has 0 fully saturated rings. The highest BCUT2D eigenvalue weighted by Gasteiger charge is 2.23. The molecular weight excluding hydrogens is 492 g/mol. The molecule has 37 heavy (non-hydrogen) atoms. The molecule has 0 saturated carbocycles. The van der Waals surface area contributed by atoms with E-state index in [1.54, 1.807) is 36.5 Å². The molecule has 0 bridgehead atoms. The van der Waals surface area contributed by atoms with Crippen LogP contribution in [0.4, 0.5) is 5.69 Å². The molecule has 3 aromatic carbocycles. The predicted octanol–water partition coefficient (Wildman–Crippen LogP) is 3.95. The van der Waals surface area contributed by atoms with Gasteiger partial charge in [0.15, 0.2) is 11.5 Å². The van der Waals surface area contributed by atoms with Crippen LogP contribution in [-0.2, 0) is 16.6 Å². The fourth-order valence-corrected chi connectivity index (χ4v) is 5.11. The monoisotopic (exact) mass is 520 g/mol. The summed E-state index contributed by atoms with van der Waals surface area (Å²) in [6, 6.07) is 18.6. The van der Waals surface area contributed by atoms with Crippen molar-refractivity contribution >= 4 is 21.6 Å². The standard InChI is InChI=1S/C27H28N4O5S/c1-19-28-15-16-31(19)24-8-6-5-7-21(24)18-29-27(32)20-9-11-22(12-10-20)30(2)37(33,34)23-13-14-25(35-3)26(17-23)36-4/h5-17H,18H2,1-4H3,(H,29,32). The van der Waals surface area contributed by atoms with E-state index in [0.29, 0.717) is 29.3 Å². The van der Waals surface area contributed by atoms with Gasteiger partial charge in [-0.2, -0.15) is 0 Å². The predicted molar refractivity (Wildman–Crippen MR) is 141 cm³/mol. The summed E-state index contributed by atoms with van der Waals surface area (Å²) in [5.41, 5.74) is 2.70. The van der Waals surface area contributed by atoms with E-state index in [1.807, 2.05) is 42.0 Å². The highest BCUT2D eigenvalue weighted by Crippen LogP contribution is 2.31. The SMILES string of the molecule is COc1ccc(S(=O)(=O)N(C)c2ccc(C(=O)NCc3ccccc3-n3ccnc3C)cc2)cc1OC. The first kappa shape index (κ1) is 25.8. The molecule has 0 unspecified atom stereocenters. The number of carbonyl (C=O) groups is 1. The van der Waals surface area contributed by atoms with Crippen LogP contribution in [0.15, 0.2) is 84.0 Å². The summed E-state index contributed by atoms with van der Waals surface area (Å²) in [6.45, 7) is 2.24. The summed E-state index contributed by atoms with van der Waals surface area (Å²) in [7, 11) is 0.510. The molecule has 0 radical (unpaired) electrons. The number of sulfonamides is 1. The second kappa shape index (κ2) is 10.8. The third-order valence-corrected chi connectivity index (χ3v) is 7.80. The number of aromatic nitrogens is 2. The molecule has 4 aromatic rings. The van der Waals surface area contributed by atoms with E-state index >= 15 is 0 Å². The van der Waals surface area contributed by atoms with Gasteiger partial charge in [-0.1, -0.05) is 18.2 Å². The van der Waals surface area contributed by atoms with Gasteiger partial charge < -0.3 is 19.4 Å². The Hall–Kier alpha value is -4.31. The number of hydrogen-bond acceptors (Lipinski definition) is 6. The lowest BCUT2D eigenvalue weighted by Gasteiger charge is -2.20. The van der Waals surface area contributed by atoms with Crippen molar-refractivity contribution in [2.75, 3.05) is 25.6 Å². The Balaban J connectivity index is 1.47. The number of nitrogens with zero attached hydrogens (tertiary/aromatic N) is 3. The number of anilines is 1. The maximum atomic E-state index is 13.2. The van der Waals surface area contributed by atoms with E-state index in [2.05, 4.69) is 10.3 Å². The second-order valence-electron chi connectivity index (χ2n) is 8.19. The van der Waals surface area contributed by atoms with E-state index in [4.69, 9.17) is 9.47 Å². The zero-order valence-corrected chi connectivity index (χ0v) is 21.8. The minimum absolute atomic E-state index is 0.0567. The Morgan fingerprint density at radius 3 is 2.35 bits per heavy atom. The van der Waals surface area contributed by atoms with E-state index in [9.17, 15) is 13.2 Å². The summed E-state index contributed by atoms with van der Waals surface area (Å²) in [5, 5.41) is 2.94. The minimum atomic E-state index is -3.87. The van der Waals surface area contributed by atoms with Gasteiger partial charge in [0.05, 0.1) is 30.5 Å². The van der Waals surface area contributed by atoms with Gasteiger partial charge in [0.2, 0.25) is 0 Å². The smallest absolute Gasteiger partial charge is 0.264 e. The molecule has 9 nitrogen and oxygen atoms in total. The van der Waals surface area contributed by atoms with E-state index in [1.165, 1.54) is 33.4 Å². The van der Waals surface area contributed by atoms with Crippen LogP contribution in [0.5, 0.6) is 11.5 Å². The summed E-state index contributed by atoms with van der Waals surface area (Å²) in [6.07, 6.45) is 3.61. The van der Waals surface area contributed by atoms with Crippen molar-refractivity contribution in [3.8, 4) is 17.2 Å². The molecule has 1 aromatic heterocycles. The lowest BCUT2D eigenvalue weighted by atomic mass is 10.1. The van der Waals surface area contributed by atoms with Gasteiger partial charge in [-0.15, -0.1) is 0 Å². The third kappa shape index (κ3) is 5.29. The molecule has 0 aliphatic carbocycles. The number of carbonyl (C=O) groups excluding carboxylic acids is 1. The molecule has 0 aliphatic rings. The number of rotatable bonds is 9. The maximum absolute atomic E-state index is 13.2.